The molecule has 72 valence electrons. The third kappa shape index (κ3) is 3.53. The maximum absolute atomic E-state index is 10.2. The van der Waals surface area contributed by atoms with Crippen LogP contribution in [0.3, 0.4) is 0 Å². The molecule has 1 aromatic carbocycles. The fourth-order valence-electron chi connectivity index (χ4n) is 0.775. The average molecular weight is 184 g/mol. The third-order valence-corrected chi connectivity index (χ3v) is 1.35. The van der Waals surface area contributed by atoms with Crippen LogP contribution < -0.4 is 5.32 Å². The highest BCUT2D eigenvalue weighted by atomic mass is 16.6. The van der Waals surface area contributed by atoms with Gasteiger partial charge in [0.25, 0.3) is 5.69 Å². The Bertz CT molecular complexity index is 276. The minimum atomic E-state index is -0.416. The van der Waals surface area contributed by atoms with Crippen molar-refractivity contribution >= 4 is 11.4 Å². The molecule has 0 aliphatic carbocycles. The van der Waals surface area contributed by atoms with E-state index in [2.05, 4.69) is 5.32 Å². The first-order chi connectivity index (χ1) is 6.24. The Labute approximate surface area is 76.2 Å². The molecule has 0 radical (unpaired) electrons. The summed E-state index contributed by atoms with van der Waals surface area (Å²) in [7, 11) is 2.72. The van der Waals surface area contributed by atoms with Gasteiger partial charge in [0.2, 0.25) is 0 Å². The Morgan fingerprint density at radius 3 is 2.54 bits per heavy atom. The van der Waals surface area contributed by atoms with E-state index in [0.29, 0.717) is 0 Å². The van der Waals surface area contributed by atoms with Crippen LogP contribution in [0.15, 0.2) is 24.3 Å². The van der Waals surface area contributed by atoms with Gasteiger partial charge in [0.05, 0.1) is 4.92 Å². The Morgan fingerprint density at radius 2 is 2.08 bits per heavy atom. The molecule has 0 amide bonds. The summed E-state index contributed by atoms with van der Waals surface area (Å²) in [6, 6.07) is 6.36. The summed E-state index contributed by atoms with van der Waals surface area (Å²) < 4.78 is 0. The quantitative estimate of drug-likeness (QED) is 0.535. The predicted octanol–water partition coefficient (Wildman–Crippen LogP) is 1.24. The first kappa shape index (κ1) is 11.4. The van der Waals surface area contributed by atoms with E-state index in [4.69, 9.17) is 5.11 Å². The molecule has 0 aromatic heterocycles. The average Bonchev–Trinajstić information content (AvgIpc) is 2.21. The second-order valence-electron chi connectivity index (χ2n) is 2.06. The molecule has 13 heavy (non-hydrogen) atoms. The van der Waals surface area contributed by atoms with Crippen LogP contribution in [0, 0.1) is 10.1 Å². The smallest absolute Gasteiger partial charge is 0.271 e. The van der Waals surface area contributed by atoms with E-state index < -0.39 is 4.92 Å². The van der Waals surface area contributed by atoms with Crippen molar-refractivity contribution in [3.05, 3.63) is 34.4 Å². The van der Waals surface area contributed by atoms with Crippen molar-refractivity contribution in [2.45, 2.75) is 0 Å². The van der Waals surface area contributed by atoms with Gasteiger partial charge in [-0.3, -0.25) is 10.1 Å². The molecule has 0 bridgehead atoms. The van der Waals surface area contributed by atoms with Crippen molar-refractivity contribution in [2.75, 3.05) is 19.5 Å². The van der Waals surface area contributed by atoms with E-state index in [-0.39, 0.29) is 5.69 Å². The Balaban J connectivity index is 0.000000671. The van der Waals surface area contributed by atoms with Crippen LogP contribution in [0.2, 0.25) is 0 Å². The molecule has 0 aliphatic rings. The number of non-ortho nitro benzene ring substituents is 1. The van der Waals surface area contributed by atoms with Gasteiger partial charge < -0.3 is 10.4 Å². The second-order valence-corrected chi connectivity index (χ2v) is 2.06. The number of hydrogen-bond donors (Lipinski definition) is 2. The molecule has 0 saturated carbocycles. The summed E-state index contributed by atoms with van der Waals surface area (Å²) in [6.07, 6.45) is 0. The van der Waals surface area contributed by atoms with E-state index in [9.17, 15) is 10.1 Å². The zero-order chi connectivity index (χ0) is 10.3. The number of benzene rings is 1. The summed E-state index contributed by atoms with van der Waals surface area (Å²) in [6.45, 7) is 0. The molecule has 0 aliphatic heterocycles. The van der Waals surface area contributed by atoms with Gasteiger partial charge in [-0.05, 0) is 6.07 Å². The minimum Gasteiger partial charge on any atom is -0.400 e. The number of aliphatic hydroxyl groups is 1. The molecule has 0 heterocycles. The lowest BCUT2D eigenvalue weighted by atomic mass is 10.3. The summed E-state index contributed by atoms with van der Waals surface area (Å²) in [4.78, 5) is 9.83. The van der Waals surface area contributed by atoms with Crippen molar-refractivity contribution in [2.24, 2.45) is 0 Å². The molecule has 0 unspecified atom stereocenters. The molecular formula is C8H12N2O3. The number of nitro groups is 1. The maximum atomic E-state index is 10.2. The van der Waals surface area contributed by atoms with Crippen molar-refractivity contribution < 1.29 is 10.0 Å². The number of rotatable bonds is 2. The van der Waals surface area contributed by atoms with Crippen LogP contribution in [-0.2, 0) is 0 Å². The Hall–Kier alpha value is -1.62. The van der Waals surface area contributed by atoms with E-state index in [0.717, 1.165) is 12.8 Å². The van der Waals surface area contributed by atoms with Crippen molar-refractivity contribution in [3.8, 4) is 0 Å². The standard InChI is InChI=1S/C7H8N2O2.CH4O/c1-8-6-3-2-4-7(5-6)9(10)11;1-2/h2-5,8H,1H3;2H,1H3. The zero-order valence-corrected chi connectivity index (χ0v) is 7.52. The highest BCUT2D eigenvalue weighted by molar-refractivity contribution is 5.50. The molecule has 5 nitrogen and oxygen atoms in total. The first-order valence-corrected chi connectivity index (χ1v) is 3.61. The van der Waals surface area contributed by atoms with Crippen LogP contribution in [-0.4, -0.2) is 24.2 Å². The van der Waals surface area contributed by atoms with Gasteiger partial charge >= 0.3 is 0 Å². The monoisotopic (exact) mass is 184 g/mol. The summed E-state index contributed by atoms with van der Waals surface area (Å²) in [5, 5.41) is 20.1. The molecule has 0 spiro atoms. The van der Waals surface area contributed by atoms with Crippen LogP contribution in [0.25, 0.3) is 0 Å². The first-order valence-electron chi connectivity index (χ1n) is 3.61. The van der Waals surface area contributed by atoms with Crippen LogP contribution >= 0.6 is 0 Å². The van der Waals surface area contributed by atoms with Gasteiger partial charge in [0, 0.05) is 32.0 Å². The van der Waals surface area contributed by atoms with Crippen LogP contribution in [0.4, 0.5) is 11.4 Å². The van der Waals surface area contributed by atoms with Crippen LogP contribution in [0.5, 0.6) is 0 Å². The van der Waals surface area contributed by atoms with Gasteiger partial charge in [-0.25, -0.2) is 0 Å². The lowest BCUT2D eigenvalue weighted by molar-refractivity contribution is -0.384. The molecule has 0 saturated heterocycles. The van der Waals surface area contributed by atoms with E-state index in [1.54, 1.807) is 19.2 Å². The van der Waals surface area contributed by atoms with Gasteiger partial charge in [0.15, 0.2) is 0 Å². The van der Waals surface area contributed by atoms with E-state index in [1.807, 2.05) is 0 Å². The van der Waals surface area contributed by atoms with Crippen molar-refractivity contribution in [1.29, 1.82) is 0 Å². The number of nitro benzene ring substituents is 1. The summed E-state index contributed by atoms with van der Waals surface area (Å²) in [5.41, 5.74) is 0.857. The van der Waals surface area contributed by atoms with E-state index in [1.165, 1.54) is 12.1 Å². The number of hydrogen-bond acceptors (Lipinski definition) is 4. The highest BCUT2D eigenvalue weighted by Crippen LogP contribution is 2.15. The molecular weight excluding hydrogens is 172 g/mol. The van der Waals surface area contributed by atoms with Crippen molar-refractivity contribution in [1.82, 2.24) is 0 Å². The molecule has 1 rings (SSSR count). The van der Waals surface area contributed by atoms with Gasteiger partial charge in [-0.1, -0.05) is 6.07 Å². The normalized spacial score (nSPS) is 8.23. The molecule has 0 atom stereocenters. The lowest BCUT2D eigenvalue weighted by Gasteiger charge is -1.97. The minimum absolute atomic E-state index is 0.108. The number of anilines is 1. The Kier molecular flexibility index (Phi) is 5.22. The Morgan fingerprint density at radius 1 is 1.46 bits per heavy atom. The van der Waals surface area contributed by atoms with E-state index >= 15 is 0 Å². The van der Waals surface area contributed by atoms with Crippen LogP contribution in [0.1, 0.15) is 0 Å². The fourth-order valence-corrected chi connectivity index (χ4v) is 0.775. The molecule has 2 N–H and O–H groups in total. The molecule has 5 heteroatoms. The predicted molar refractivity (Wildman–Crippen MR) is 50.8 cm³/mol. The summed E-state index contributed by atoms with van der Waals surface area (Å²) in [5.74, 6) is 0. The number of nitrogens with zero attached hydrogens (tertiary/aromatic N) is 1. The molecule has 0 fully saturated rings. The SMILES string of the molecule is CNc1cccc([N+](=O)[O-])c1.CO. The van der Waals surface area contributed by atoms with Gasteiger partial charge in [-0.2, -0.15) is 0 Å². The molecule has 1 aromatic rings. The number of aliphatic hydroxyl groups excluding tert-OH is 1. The fraction of sp³-hybridized carbons (Fsp3) is 0.250. The van der Waals surface area contributed by atoms with Gasteiger partial charge in [-0.15, -0.1) is 0 Å². The topological polar surface area (TPSA) is 75.4 Å². The largest absolute Gasteiger partial charge is 0.400 e. The zero-order valence-electron chi connectivity index (χ0n) is 7.52. The number of nitrogens with one attached hydrogen (secondary N) is 1. The second kappa shape index (κ2) is 5.96. The highest BCUT2D eigenvalue weighted by Gasteiger charge is 2.03. The third-order valence-electron chi connectivity index (χ3n) is 1.35. The maximum Gasteiger partial charge on any atom is 0.271 e. The lowest BCUT2D eigenvalue weighted by Crippen LogP contribution is -1.91. The summed E-state index contributed by atoms with van der Waals surface area (Å²) >= 11 is 0. The van der Waals surface area contributed by atoms with Crippen molar-refractivity contribution in [3.63, 3.8) is 0 Å². The van der Waals surface area contributed by atoms with Gasteiger partial charge in [0.1, 0.15) is 0 Å².